The van der Waals surface area contributed by atoms with Gasteiger partial charge in [-0.2, -0.15) is 0 Å². The van der Waals surface area contributed by atoms with Crippen LogP contribution in [0.4, 0.5) is 10.6 Å². The lowest BCUT2D eigenvalue weighted by atomic mass is 9.85. The third kappa shape index (κ3) is 5.76. The summed E-state index contributed by atoms with van der Waals surface area (Å²) in [5, 5.41) is 25.6. The van der Waals surface area contributed by atoms with Crippen LogP contribution in [0.15, 0.2) is 36.4 Å². The first-order chi connectivity index (χ1) is 12.0. The number of primary amides is 1. The van der Waals surface area contributed by atoms with Gasteiger partial charge in [0.15, 0.2) is 0 Å². The Kier molecular flexibility index (Phi) is 6.27. The molecule has 132 valence electrons. The summed E-state index contributed by atoms with van der Waals surface area (Å²) in [7, 11) is 0. The summed E-state index contributed by atoms with van der Waals surface area (Å²) in [6.45, 7) is 0.963. The smallest absolute Gasteiger partial charge is 0.450 e. The summed E-state index contributed by atoms with van der Waals surface area (Å²) in [5.41, 5.74) is 7.33. The molecule has 1 fully saturated rings. The van der Waals surface area contributed by atoms with E-state index in [2.05, 4.69) is 15.5 Å². The van der Waals surface area contributed by atoms with Gasteiger partial charge in [0.2, 0.25) is 5.91 Å². The molecule has 1 amide bonds. The fourth-order valence-corrected chi connectivity index (χ4v) is 2.36. The number of nitrogens with zero attached hydrogens (tertiary/aromatic N) is 2. The molecule has 0 bridgehead atoms. The van der Waals surface area contributed by atoms with Gasteiger partial charge in [-0.25, -0.2) is 4.79 Å². The van der Waals surface area contributed by atoms with Crippen LogP contribution in [0.2, 0.25) is 0 Å². The van der Waals surface area contributed by atoms with E-state index in [0.29, 0.717) is 5.56 Å². The fourth-order valence-electron chi connectivity index (χ4n) is 2.36. The Morgan fingerprint density at radius 1 is 1.16 bits per heavy atom. The summed E-state index contributed by atoms with van der Waals surface area (Å²) in [6, 6.07) is 10.9. The predicted octanol–water partition coefficient (Wildman–Crippen LogP) is 2.68. The molecular formula is C17H20N4O4. The van der Waals surface area contributed by atoms with Crippen LogP contribution in [0.1, 0.15) is 29.6 Å². The number of aromatic nitrogens is 2. The van der Waals surface area contributed by atoms with Crippen molar-refractivity contribution in [3.63, 3.8) is 0 Å². The normalized spacial score (nSPS) is 13.1. The van der Waals surface area contributed by atoms with E-state index >= 15 is 0 Å². The number of hydrogen-bond donors (Lipinski definition) is 4. The molecule has 1 aliphatic rings. The number of hydrogen-bond acceptors (Lipinski definition) is 5. The van der Waals surface area contributed by atoms with Gasteiger partial charge in [0, 0.05) is 17.7 Å². The number of carbonyl (C=O) groups is 2. The topological polar surface area (TPSA) is 138 Å². The molecular weight excluding hydrogens is 324 g/mol. The number of anilines is 1. The molecule has 8 nitrogen and oxygen atoms in total. The second kappa shape index (κ2) is 8.62. The van der Waals surface area contributed by atoms with Crippen molar-refractivity contribution < 1.29 is 19.8 Å². The van der Waals surface area contributed by atoms with Crippen molar-refractivity contribution in [1.82, 2.24) is 10.2 Å². The first kappa shape index (κ1) is 18.2. The molecule has 0 atom stereocenters. The van der Waals surface area contributed by atoms with E-state index in [-0.39, 0.29) is 0 Å². The third-order valence-electron chi connectivity index (χ3n) is 3.90. The highest BCUT2D eigenvalue weighted by atomic mass is 16.6. The lowest BCUT2D eigenvalue weighted by Crippen LogP contribution is -2.21. The second-order valence-corrected chi connectivity index (χ2v) is 5.71. The van der Waals surface area contributed by atoms with E-state index in [4.69, 9.17) is 20.7 Å². The quantitative estimate of drug-likeness (QED) is 0.654. The Labute approximate surface area is 144 Å². The van der Waals surface area contributed by atoms with Crippen LogP contribution >= 0.6 is 0 Å². The highest BCUT2D eigenvalue weighted by Gasteiger charge is 2.16. The zero-order valence-electron chi connectivity index (χ0n) is 13.6. The van der Waals surface area contributed by atoms with Crippen LogP contribution < -0.4 is 11.1 Å². The lowest BCUT2D eigenvalue weighted by molar-refractivity contribution is 0.1000. The number of benzene rings is 1. The van der Waals surface area contributed by atoms with Gasteiger partial charge in [0.25, 0.3) is 0 Å². The maximum absolute atomic E-state index is 11.2. The van der Waals surface area contributed by atoms with E-state index in [0.717, 1.165) is 29.5 Å². The number of carboxylic acid groups (broad SMARTS) is 2. The monoisotopic (exact) mass is 344 g/mol. The van der Waals surface area contributed by atoms with Crippen LogP contribution in [0.3, 0.4) is 0 Å². The average Bonchev–Trinajstić information content (AvgIpc) is 2.53. The van der Waals surface area contributed by atoms with Crippen molar-refractivity contribution in [3.8, 4) is 11.3 Å². The van der Waals surface area contributed by atoms with Gasteiger partial charge >= 0.3 is 6.16 Å². The SMILES string of the molecule is NC(=O)c1cccc(-c2ccc(NCC3CCC3)nn2)c1.O=C(O)O. The van der Waals surface area contributed by atoms with Crippen LogP contribution in [0.25, 0.3) is 11.3 Å². The standard InChI is InChI=1S/C16H18N4O.CH2O3/c17-16(21)13-6-2-5-12(9-13)14-7-8-15(20-19-14)18-10-11-3-1-4-11;2-1(3)4/h2,5-9,11H,1,3-4,10H2,(H2,17,21)(H,18,20);(H2,2,3,4). The molecule has 1 aromatic heterocycles. The first-order valence-electron chi connectivity index (χ1n) is 7.85. The summed E-state index contributed by atoms with van der Waals surface area (Å²) in [5.74, 6) is 1.12. The molecule has 5 N–H and O–H groups in total. The molecule has 1 aromatic carbocycles. The minimum atomic E-state index is -1.83. The Bertz CT molecular complexity index is 726. The molecule has 2 aromatic rings. The van der Waals surface area contributed by atoms with Crippen LogP contribution in [0.5, 0.6) is 0 Å². The summed E-state index contributed by atoms with van der Waals surface area (Å²) >= 11 is 0. The Hall–Kier alpha value is -3.16. The Balaban J connectivity index is 0.000000511. The number of amides is 1. The number of rotatable bonds is 5. The van der Waals surface area contributed by atoms with E-state index < -0.39 is 12.1 Å². The van der Waals surface area contributed by atoms with Crippen molar-refractivity contribution in [3.05, 3.63) is 42.0 Å². The van der Waals surface area contributed by atoms with Gasteiger partial charge in [-0.05, 0) is 43.0 Å². The molecule has 0 spiro atoms. The number of nitrogens with one attached hydrogen (secondary N) is 1. The molecule has 1 saturated carbocycles. The molecule has 0 radical (unpaired) electrons. The molecule has 3 rings (SSSR count). The van der Waals surface area contributed by atoms with Crippen molar-refractivity contribution in [2.45, 2.75) is 19.3 Å². The molecule has 8 heteroatoms. The van der Waals surface area contributed by atoms with Crippen molar-refractivity contribution in [1.29, 1.82) is 0 Å². The summed E-state index contributed by atoms with van der Waals surface area (Å²) < 4.78 is 0. The zero-order chi connectivity index (χ0) is 18.2. The minimum absolute atomic E-state index is 0.441. The van der Waals surface area contributed by atoms with Gasteiger partial charge < -0.3 is 21.3 Å². The van der Waals surface area contributed by atoms with Crippen molar-refractivity contribution in [2.24, 2.45) is 11.7 Å². The second-order valence-electron chi connectivity index (χ2n) is 5.71. The molecule has 25 heavy (non-hydrogen) atoms. The highest BCUT2D eigenvalue weighted by molar-refractivity contribution is 5.93. The number of nitrogens with two attached hydrogens (primary N) is 1. The fraction of sp³-hybridized carbons (Fsp3) is 0.294. The molecule has 1 heterocycles. The van der Waals surface area contributed by atoms with Gasteiger partial charge in [-0.15, -0.1) is 10.2 Å². The summed E-state index contributed by atoms with van der Waals surface area (Å²) in [4.78, 5) is 19.8. The van der Waals surface area contributed by atoms with Crippen molar-refractivity contribution in [2.75, 3.05) is 11.9 Å². The van der Waals surface area contributed by atoms with Crippen molar-refractivity contribution >= 4 is 17.9 Å². The molecule has 0 aliphatic heterocycles. The third-order valence-corrected chi connectivity index (χ3v) is 3.90. The highest BCUT2D eigenvalue weighted by Crippen LogP contribution is 2.26. The first-order valence-corrected chi connectivity index (χ1v) is 7.85. The molecule has 1 aliphatic carbocycles. The van der Waals surface area contributed by atoms with Gasteiger partial charge in [0.1, 0.15) is 5.82 Å². The Morgan fingerprint density at radius 2 is 1.88 bits per heavy atom. The average molecular weight is 344 g/mol. The summed E-state index contributed by atoms with van der Waals surface area (Å²) in [6.07, 6.45) is 2.12. The van der Waals surface area contributed by atoms with Gasteiger partial charge in [-0.3, -0.25) is 4.79 Å². The van der Waals surface area contributed by atoms with Crippen LogP contribution in [-0.4, -0.2) is 39.0 Å². The van der Waals surface area contributed by atoms with Crippen LogP contribution in [0, 0.1) is 5.92 Å². The minimum Gasteiger partial charge on any atom is -0.450 e. The molecule has 0 unspecified atom stereocenters. The van der Waals surface area contributed by atoms with Crippen LogP contribution in [-0.2, 0) is 0 Å². The zero-order valence-corrected chi connectivity index (χ0v) is 13.6. The van der Waals surface area contributed by atoms with E-state index in [1.165, 1.54) is 19.3 Å². The predicted molar refractivity (Wildman–Crippen MR) is 92.5 cm³/mol. The van der Waals surface area contributed by atoms with E-state index in [1.807, 2.05) is 18.2 Å². The largest absolute Gasteiger partial charge is 0.503 e. The Morgan fingerprint density at radius 3 is 2.40 bits per heavy atom. The molecule has 0 saturated heterocycles. The maximum atomic E-state index is 11.2. The van der Waals surface area contributed by atoms with Gasteiger partial charge in [-0.1, -0.05) is 18.6 Å². The lowest BCUT2D eigenvalue weighted by Gasteiger charge is -2.25. The van der Waals surface area contributed by atoms with E-state index in [1.54, 1.807) is 18.2 Å². The number of carbonyl (C=O) groups excluding carboxylic acids is 1. The van der Waals surface area contributed by atoms with Gasteiger partial charge in [0.05, 0.1) is 5.69 Å². The van der Waals surface area contributed by atoms with E-state index in [9.17, 15) is 4.79 Å². The maximum Gasteiger partial charge on any atom is 0.503 e.